The molecule has 4 atom stereocenters. The largest absolute Gasteiger partial charge is 0.356 e. The average Bonchev–Trinajstić information content (AvgIpc) is 3.62. The molecule has 42 heavy (non-hydrogen) atoms. The Labute approximate surface area is 249 Å². The summed E-state index contributed by atoms with van der Waals surface area (Å²) in [7, 11) is 0. The average molecular weight is 607 g/mol. The molecule has 0 radical (unpaired) electrons. The summed E-state index contributed by atoms with van der Waals surface area (Å²) in [5, 5.41) is 8.45. The number of hydrogen-bond donors (Lipinski definition) is 2. The second kappa shape index (κ2) is 12.6. The van der Waals surface area contributed by atoms with E-state index in [1.54, 1.807) is 72.1 Å². The summed E-state index contributed by atoms with van der Waals surface area (Å²) in [6, 6.07) is 24.3. The first-order valence-corrected chi connectivity index (χ1v) is 15.4. The highest BCUT2D eigenvalue weighted by atomic mass is 32.2. The van der Waals surface area contributed by atoms with E-state index in [4.69, 9.17) is 9.98 Å². The SMILES string of the molecule is Fc1ccc([C@H]2N=C(SCCSC3=N[C@H](c4ccc(F)cc4)[C@H](c4ccc(F)cc4)N3)N[C@H]2c2ccc(F)cc2)cc1. The second-order valence-corrected chi connectivity index (χ2v) is 12.1. The van der Waals surface area contributed by atoms with Crippen molar-refractivity contribution in [2.45, 2.75) is 24.2 Å². The number of halogens is 4. The third-order valence-corrected chi connectivity index (χ3v) is 9.21. The minimum Gasteiger partial charge on any atom is -0.356 e. The minimum absolute atomic E-state index is 0.208. The van der Waals surface area contributed by atoms with Crippen LogP contribution in [0.3, 0.4) is 0 Å². The summed E-state index contributed by atoms with van der Waals surface area (Å²) < 4.78 is 54.3. The van der Waals surface area contributed by atoms with E-state index in [1.807, 2.05) is 0 Å². The number of hydrogen-bond acceptors (Lipinski definition) is 6. The zero-order chi connectivity index (χ0) is 29.1. The zero-order valence-corrected chi connectivity index (χ0v) is 23.8. The van der Waals surface area contributed by atoms with E-state index >= 15 is 0 Å². The molecule has 2 aliphatic rings. The van der Waals surface area contributed by atoms with Crippen LogP contribution in [-0.4, -0.2) is 21.8 Å². The van der Waals surface area contributed by atoms with Crippen molar-refractivity contribution in [1.29, 1.82) is 0 Å². The van der Waals surface area contributed by atoms with Gasteiger partial charge in [0.15, 0.2) is 10.3 Å². The van der Waals surface area contributed by atoms with Crippen molar-refractivity contribution in [2.24, 2.45) is 9.98 Å². The van der Waals surface area contributed by atoms with Crippen LogP contribution in [0.2, 0.25) is 0 Å². The van der Waals surface area contributed by atoms with Crippen LogP contribution in [-0.2, 0) is 0 Å². The fourth-order valence-electron chi connectivity index (χ4n) is 5.06. The molecule has 4 nitrogen and oxygen atoms in total. The van der Waals surface area contributed by atoms with Crippen molar-refractivity contribution >= 4 is 33.9 Å². The Morgan fingerprint density at radius 1 is 0.452 bits per heavy atom. The molecule has 214 valence electrons. The van der Waals surface area contributed by atoms with Gasteiger partial charge in [-0.3, -0.25) is 9.98 Å². The third-order valence-electron chi connectivity index (χ3n) is 7.14. The molecule has 4 aromatic rings. The molecule has 0 saturated carbocycles. The van der Waals surface area contributed by atoms with Gasteiger partial charge in [-0.15, -0.1) is 0 Å². The quantitative estimate of drug-likeness (QED) is 0.166. The molecule has 2 N–H and O–H groups in total. The number of nitrogens with zero attached hydrogens (tertiary/aromatic N) is 2. The molecule has 0 spiro atoms. The molecule has 2 heterocycles. The van der Waals surface area contributed by atoms with Gasteiger partial charge < -0.3 is 10.6 Å². The fourth-order valence-corrected chi connectivity index (χ4v) is 6.91. The summed E-state index contributed by atoms with van der Waals surface area (Å²) in [5.41, 5.74) is 3.52. The predicted molar refractivity (Wildman–Crippen MR) is 163 cm³/mol. The predicted octanol–water partition coefficient (Wildman–Crippen LogP) is 7.89. The van der Waals surface area contributed by atoms with Gasteiger partial charge >= 0.3 is 0 Å². The summed E-state index contributed by atoms with van der Waals surface area (Å²) in [6.45, 7) is 0. The van der Waals surface area contributed by atoms with Gasteiger partial charge in [0.25, 0.3) is 0 Å². The molecule has 10 heteroatoms. The highest BCUT2D eigenvalue weighted by molar-refractivity contribution is 8.17. The Bertz CT molecular complexity index is 1460. The van der Waals surface area contributed by atoms with Gasteiger partial charge in [-0.25, -0.2) is 17.6 Å². The van der Waals surface area contributed by atoms with E-state index in [2.05, 4.69) is 10.6 Å². The van der Waals surface area contributed by atoms with Gasteiger partial charge in [-0.2, -0.15) is 0 Å². The van der Waals surface area contributed by atoms with Crippen molar-refractivity contribution < 1.29 is 17.6 Å². The van der Waals surface area contributed by atoms with E-state index in [0.717, 1.165) is 44.1 Å². The third kappa shape index (κ3) is 6.50. The summed E-state index contributed by atoms with van der Waals surface area (Å²) in [4.78, 5) is 9.78. The van der Waals surface area contributed by atoms with Crippen LogP contribution in [0, 0.1) is 23.3 Å². The van der Waals surface area contributed by atoms with E-state index < -0.39 is 0 Å². The Hall–Kier alpha value is -3.76. The normalized spacial score (nSPS) is 21.4. The molecule has 0 unspecified atom stereocenters. The van der Waals surface area contributed by atoms with Gasteiger partial charge in [0.1, 0.15) is 35.4 Å². The number of amidine groups is 2. The van der Waals surface area contributed by atoms with Crippen molar-refractivity contribution in [3.05, 3.63) is 143 Å². The molecule has 0 amide bonds. The number of benzene rings is 4. The molecule has 0 saturated heterocycles. The maximum atomic E-state index is 13.6. The van der Waals surface area contributed by atoms with Crippen molar-refractivity contribution in [3.8, 4) is 0 Å². The zero-order valence-electron chi connectivity index (χ0n) is 22.2. The lowest BCUT2D eigenvalue weighted by Gasteiger charge is -2.19. The van der Waals surface area contributed by atoms with Crippen molar-refractivity contribution in [2.75, 3.05) is 11.5 Å². The molecular weight excluding hydrogens is 581 g/mol. The Balaban J connectivity index is 1.12. The lowest BCUT2D eigenvalue weighted by molar-refractivity contribution is 0.566. The molecule has 2 aliphatic heterocycles. The Morgan fingerprint density at radius 3 is 1.05 bits per heavy atom. The molecule has 0 aromatic heterocycles. The molecule has 6 rings (SSSR count). The first kappa shape index (κ1) is 28.4. The Morgan fingerprint density at radius 2 is 0.738 bits per heavy atom. The standard InChI is InChI=1S/C32H26F4N4S2/c33-23-9-1-19(2-10-23)27-28(20-3-11-24(34)12-4-20)38-31(37-27)41-17-18-42-32-39-29(21-5-13-25(35)14-6-21)30(40-32)22-7-15-26(36)16-8-22/h1-16,27-30H,17-18H2,(H,37,38)(H,39,40)/t27-,28+,29-,30+. The topological polar surface area (TPSA) is 48.8 Å². The minimum atomic E-state index is -0.314. The van der Waals surface area contributed by atoms with Crippen LogP contribution in [0.4, 0.5) is 17.6 Å². The highest BCUT2D eigenvalue weighted by Crippen LogP contribution is 2.39. The lowest BCUT2D eigenvalue weighted by atomic mass is 9.95. The van der Waals surface area contributed by atoms with Crippen LogP contribution < -0.4 is 10.6 Å². The number of rotatable bonds is 7. The molecule has 0 aliphatic carbocycles. The van der Waals surface area contributed by atoms with E-state index in [-0.39, 0.29) is 47.4 Å². The van der Waals surface area contributed by atoms with Gasteiger partial charge in [-0.1, -0.05) is 72.1 Å². The smallest absolute Gasteiger partial charge is 0.157 e. The van der Waals surface area contributed by atoms with Crippen LogP contribution in [0.25, 0.3) is 0 Å². The first-order valence-electron chi connectivity index (χ1n) is 13.4. The molecule has 0 bridgehead atoms. The number of aliphatic imine (C=N–C) groups is 2. The van der Waals surface area contributed by atoms with Crippen molar-refractivity contribution in [1.82, 2.24) is 10.6 Å². The van der Waals surface area contributed by atoms with Gasteiger partial charge in [0.2, 0.25) is 0 Å². The molecular formula is C32H26F4N4S2. The monoisotopic (exact) mass is 606 g/mol. The lowest BCUT2D eigenvalue weighted by Crippen LogP contribution is -2.24. The number of thioether (sulfide) groups is 2. The molecule has 4 aromatic carbocycles. The van der Waals surface area contributed by atoms with Crippen LogP contribution in [0.15, 0.2) is 107 Å². The fraction of sp³-hybridized carbons (Fsp3) is 0.188. The van der Waals surface area contributed by atoms with Crippen LogP contribution >= 0.6 is 23.5 Å². The van der Waals surface area contributed by atoms with E-state index in [1.165, 1.54) is 48.5 Å². The molecule has 0 fully saturated rings. The maximum Gasteiger partial charge on any atom is 0.157 e. The summed E-state index contributed by atoms with van der Waals surface area (Å²) in [5.74, 6) is 0.206. The highest BCUT2D eigenvalue weighted by Gasteiger charge is 2.33. The van der Waals surface area contributed by atoms with Crippen molar-refractivity contribution in [3.63, 3.8) is 0 Å². The van der Waals surface area contributed by atoms with Crippen LogP contribution in [0.1, 0.15) is 46.4 Å². The number of nitrogens with one attached hydrogen (secondary N) is 2. The van der Waals surface area contributed by atoms with Crippen LogP contribution in [0.5, 0.6) is 0 Å². The first-order chi connectivity index (χ1) is 20.4. The van der Waals surface area contributed by atoms with Gasteiger partial charge in [-0.05, 0) is 70.8 Å². The Kier molecular flexibility index (Phi) is 8.53. The van der Waals surface area contributed by atoms with E-state index in [9.17, 15) is 17.6 Å². The van der Waals surface area contributed by atoms with E-state index in [0.29, 0.717) is 0 Å². The van der Waals surface area contributed by atoms with Gasteiger partial charge in [0, 0.05) is 11.5 Å². The van der Waals surface area contributed by atoms with Gasteiger partial charge in [0.05, 0.1) is 12.1 Å². The summed E-state index contributed by atoms with van der Waals surface area (Å²) >= 11 is 3.14. The summed E-state index contributed by atoms with van der Waals surface area (Å²) in [6.07, 6.45) is 0. The maximum absolute atomic E-state index is 13.6. The second-order valence-electron chi connectivity index (χ2n) is 9.91.